The predicted molar refractivity (Wildman–Crippen MR) is 103 cm³/mol. The molecule has 0 radical (unpaired) electrons. The Morgan fingerprint density at radius 2 is 1.85 bits per heavy atom. The van der Waals surface area contributed by atoms with Crippen LogP contribution in [0.4, 0.5) is 17.6 Å². The van der Waals surface area contributed by atoms with Crippen LogP contribution in [-0.2, 0) is 21.6 Å². The Labute approximate surface area is 168 Å². The van der Waals surface area contributed by atoms with Gasteiger partial charge in [-0.05, 0) is 49.3 Å². The molecule has 152 valence electrons. The van der Waals surface area contributed by atoms with Crippen molar-refractivity contribution in [2.24, 2.45) is 0 Å². The molecule has 1 aromatic rings. The molecule has 0 spiro atoms. The van der Waals surface area contributed by atoms with Gasteiger partial charge in [0.1, 0.15) is 22.1 Å². The van der Waals surface area contributed by atoms with Gasteiger partial charge in [0.05, 0.1) is 22.4 Å². The average molecular weight is 472 g/mol. The van der Waals surface area contributed by atoms with Crippen LogP contribution in [0.5, 0.6) is 0 Å². The van der Waals surface area contributed by atoms with Gasteiger partial charge in [-0.2, -0.15) is 0 Å². The molecule has 0 saturated heterocycles. The number of hydrogen-bond donors (Lipinski definition) is 1. The molecule has 2 atom stereocenters. The summed E-state index contributed by atoms with van der Waals surface area (Å²) in [5.41, 5.74) is -5.22. The number of nitrogens with one attached hydrogen (secondary N) is 1. The third-order valence-corrected chi connectivity index (χ3v) is 5.94. The molecule has 0 saturated carbocycles. The van der Waals surface area contributed by atoms with Crippen molar-refractivity contribution in [2.45, 2.75) is 44.8 Å². The molecule has 0 aromatic heterocycles. The van der Waals surface area contributed by atoms with Crippen LogP contribution in [-0.4, -0.2) is 22.7 Å². The monoisotopic (exact) mass is 471 g/mol. The molecule has 9 heteroatoms. The smallest absolute Gasteiger partial charge is 0.301 e. The minimum Gasteiger partial charge on any atom is -0.593 e. The molecule has 0 aliphatic heterocycles. The molecule has 0 bridgehead atoms. The number of hydrogen-bond acceptors (Lipinski definition) is 3. The lowest BCUT2D eigenvalue weighted by Crippen LogP contribution is -2.65. The Morgan fingerprint density at radius 1 is 1.30 bits per heavy atom. The van der Waals surface area contributed by atoms with E-state index in [4.69, 9.17) is 4.74 Å². The van der Waals surface area contributed by atoms with Gasteiger partial charge in [-0.3, -0.25) is 0 Å². The van der Waals surface area contributed by atoms with Crippen molar-refractivity contribution in [1.82, 2.24) is 4.72 Å². The SMILES string of the molecule is C=CCOC(C)(C)C(F)(F)[C@](C)(N[S@+]([O-])C(=C)C)c1cc(Br)c(F)cc1F. The quantitative estimate of drug-likeness (QED) is 0.228. The molecule has 1 rings (SSSR count). The zero-order valence-electron chi connectivity index (χ0n) is 15.5. The molecule has 0 unspecified atom stereocenters. The highest BCUT2D eigenvalue weighted by Crippen LogP contribution is 2.48. The summed E-state index contributed by atoms with van der Waals surface area (Å²) in [6.45, 7) is 11.3. The van der Waals surface area contributed by atoms with Crippen molar-refractivity contribution in [3.05, 3.63) is 57.9 Å². The standard InChI is InChI=1S/C18H22BrF4NO2S/c1-7-8-26-16(4,5)18(22,23)17(6,24-27(25)11(2)3)12-9-13(19)15(21)10-14(12)20/h7,9-10,24H,1-2,8H2,3-6H3/t17-,27-/m1/s1. The Kier molecular flexibility index (Phi) is 7.74. The number of ether oxygens (including phenoxy) is 1. The van der Waals surface area contributed by atoms with Gasteiger partial charge in [-0.15, -0.1) is 11.3 Å². The van der Waals surface area contributed by atoms with Crippen molar-refractivity contribution in [3.63, 3.8) is 0 Å². The maximum Gasteiger partial charge on any atom is 0.301 e. The number of rotatable bonds is 9. The lowest BCUT2D eigenvalue weighted by Gasteiger charge is -2.45. The van der Waals surface area contributed by atoms with Gasteiger partial charge in [0.15, 0.2) is 5.54 Å². The minimum atomic E-state index is -3.80. The first-order valence-corrected chi connectivity index (χ1v) is 9.78. The third-order valence-electron chi connectivity index (χ3n) is 4.11. The van der Waals surface area contributed by atoms with Crippen molar-refractivity contribution < 1.29 is 26.9 Å². The molecule has 1 N–H and O–H groups in total. The van der Waals surface area contributed by atoms with Gasteiger partial charge < -0.3 is 9.29 Å². The Balaban J connectivity index is 3.67. The molecular formula is C18H22BrF4NO2S. The molecule has 0 aliphatic rings. The van der Waals surface area contributed by atoms with E-state index in [2.05, 4.69) is 33.8 Å². The van der Waals surface area contributed by atoms with Crippen LogP contribution in [0.15, 0.2) is 40.7 Å². The maximum absolute atomic E-state index is 15.6. The molecule has 0 aliphatic carbocycles. The number of halogens is 5. The fraction of sp³-hybridized carbons (Fsp3) is 0.444. The highest BCUT2D eigenvalue weighted by atomic mass is 79.9. The van der Waals surface area contributed by atoms with Crippen LogP contribution in [0.3, 0.4) is 0 Å². The van der Waals surface area contributed by atoms with Crippen molar-refractivity contribution >= 4 is 27.3 Å². The largest absolute Gasteiger partial charge is 0.593 e. The highest BCUT2D eigenvalue weighted by Gasteiger charge is 2.64. The summed E-state index contributed by atoms with van der Waals surface area (Å²) in [6, 6.07) is 1.38. The lowest BCUT2D eigenvalue weighted by atomic mass is 9.78. The summed E-state index contributed by atoms with van der Waals surface area (Å²) < 4.78 is 79.0. The van der Waals surface area contributed by atoms with E-state index in [-0.39, 0.29) is 16.0 Å². The summed E-state index contributed by atoms with van der Waals surface area (Å²) in [7, 11) is 0. The zero-order valence-corrected chi connectivity index (χ0v) is 17.9. The van der Waals surface area contributed by atoms with E-state index in [0.29, 0.717) is 6.07 Å². The first kappa shape index (κ1) is 24.2. The van der Waals surface area contributed by atoms with E-state index < -0.39 is 45.6 Å². The van der Waals surface area contributed by atoms with Gasteiger partial charge in [0.2, 0.25) is 0 Å². The second-order valence-corrected chi connectivity index (χ2v) is 8.92. The molecule has 0 fully saturated rings. The van der Waals surface area contributed by atoms with Crippen LogP contribution in [0.1, 0.15) is 33.3 Å². The summed E-state index contributed by atoms with van der Waals surface area (Å²) in [4.78, 5) is 0.0587. The first-order valence-electron chi connectivity index (χ1n) is 7.84. The summed E-state index contributed by atoms with van der Waals surface area (Å²) in [6.07, 6.45) is 1.30. The van der Waals surface area contributed by atoms with Gasteiger partial charge in [0, 0.05) is 18.6 Å². The van der Waals surface area contributed by atoms with E-state index >= 15 is 8.78 Å². The van der Waals surface area contributed by atoms with E-state index in [1.54, 1.807) is 0 Å². The third kappa shape index (κ3) is 4.76. The van der Waals surface area contributed by atoms with Crippen LogP contribution < -0.4 is 4.72 Å². The minimum absolute atomic E-state index is 0.0587. The summed E-state index contributed by atoms with van der Waals surface area (Å²) in [5.74, 6) is -5.97. The van der Waals surface area contributed by atoms with Gasteiger partial charge in [-0.1, -0.05) is 6.08 Å². The van der Waals surface area contributed by atoms with E-state index in [0.717, 1.165) is 26.8 Å². The summed E-state index contributed by atoms with van der Waals surface area (Å²) >= 11 is 0.750. The highest BCUT2D eigenvalue weighted by molar-refractivity contribution is 9.10. The maximum atomic E-state index is 15.6. The molecule has 3 nitrogen and oxygen atoms in total. The summed E-state index contributed by atoms with van der Waals surface area (Å²) in [5, 5.41) is 0. The Hall–Kier alpha value is -0.870. The number of allylic oxidation sites excluding steroid dienone is 1. The van der Waals surface area contributed by atoms with Gasteiger partial charge in [-0.25, -0.2) is 17.6 Å². The zero-order chi connectivity index (χ0) is 21.2. The second-order valence-electron chi connectivity index (χ2n) is 6.63. The Morgan fingerprint density at radius 3 is 2.33 bits per heavy atom. The topological polar surface area (TPSA) is 44.3 Å². The normalized spacial score (nSPS) is 15.9. The predicted octanol–water partition coefficient (Wildman–Crippen LogP) is 5.35. The molecule has 0 amide bonds. The van der Waals surface area contributed by atoms with Crippen LogP contribution in [0.25, 0.3) is 0 Å². The number of alkyl halides is 2. The fourth-order valence-electron chi connectivity index (χ4n) is 2.43. The van der Waals surface area contributed by atoms with Crippen molar-refractivity contribution in [1.29, 1.82) is 0 Å². The van der Waals surface area contributed by atoms with E-state index in [1.165, 1.54) is 13.0 Å². The van der Waals surface area contributed by atoms with Crippen LogP contribution in [0, 0.1) is 11.6 Å². The van der Waals surface area contributed by atoms with E-state index in [9.17, 15) is 13.3 Å². The van der Waals surface area contributed by atoms with Gasteiger partial charge in [0.25, 0.3) is 0 Å². The fourth-order valence-corrected chi connectivity index (χ4v) is 3.55. The van der Waals surface area contributed by atoms with Crippen LogP contribution in [0.2, 0.25) is 0 Å². The molecule has 1 aromatic carbocycles. The molecule has 0 heterocycles. The van der Waals surface area contributed by atoms with Gasteiger partial charge >= 0.3 is 5.92 Å². The van der Waals surface area contributed by atoms with Crippen molar-refractivity contribution in [3.8, 4) is 0 Å². The molecular weight excluding hydrogens is 450 g/mol. The molecule has 27 heavy (non-hydrogen) atoms. The second kappa shape index (κ2) is 8.65. The van der Waals surface area contributed by atoms with Crippen molar-refractivity contribution in [2.75, 3.05) is 6.61 Å². The first-order chi connectivity index (χ1) is 12.2. The average Bonchev–Trinajstić information content (AvgIpc) is 2.55. The lowest BCUT2D eigenvalue weighted by molar-refractivity contribution is -0.224. The van der Waals surface area contributed by atoms with Crippen LogP contribution >= 0.6 is 15.9 Å². The van der Waals surface area contributed by atoms with E-state index in [1.807, 2.05) is 0 Å². The Bertz CT molecular complexity index is 730. The number of benzene rings is 1.